The van der Waals surface area contributed by atoms with Crippen LogP contribution in [0.15, 0.2) is 60.7 Å². The van der Waals surface area contributed by atoms with E-state index in [2.05, 4.69) is 18.2 Å². The highest BCUT2D eigenvalue weighted by molar-refractivity contribution is 6.22. The van der Waals surface area contributed by atoms with Crippen LogP contribution in [-0.2, 0) is 9.59 Å². The van der Waals surface area contributed by atoms with E-state index in [0.29, 0.717) is 22.7 Å². The quantitative estimate of drug-likeness (QED) is 0.622. The Balaban J connectivity index is 1.35. The molecular weight excluding hydrogens is 340 g/mol. The Morgan fingerprint density at radius 3 is 1.89 bits per heavy atom. The molecule has 0 N–H and O–H groups in total. The van der Waals surface area contributed by atoms with Crippen molar-refractivity contribution in [1.29, 1.82) is 5.26 Å². The van der Waals surface area contributed by atoms with Crippen LogP contribution in [0.1, 0.15) is 12.0 Å². The van der Waals surface area contributed by atoms with Crippen LogP contribution in [0.5, 0.6) is 11.5 Å². The molecule has 1 heterocycles. The average Bonchev–Trinajstić information content (AvgIpc) is 3.37. The minimum atomic E-state index is -0.193. The summed E-state index contributed by atoms with van der Waals surface area (Å²) in [5.41, 5.74) is 1.16. The SMILES string of the molecule is N#Cc1ccc(Oc2ccc(N3C(=O)[C@@H]4[C@@H](C3=O)[C@H]3C=C[C@H]4C3)cc2)cc1. The van der Waals surface area contributed by atoms with Crippen molar-refractivity contribution in [3.8, 4) is 17.6 Å². The first kappa shape index (κ1) is 15.8. The summed E-state index contributed by atoms with van der Waals surface area (Å²) in [6.07, 6.45) is 5.11. The summed E-state index contributed by atoms with van der Waals surface area (Å²) in [7, 11) is 0. The normalized spacial score (nSPS) is 27.7. The number of hydrogen-bond acceptors (Lipinski definition) is 4. The molecule has 3 aliphatic rings. The van der Waals surface area contributed by atoms with E-state index >= 15 is 0 Å². The minimum absolute atomic E-state index is 0.0809. The van der Waals surface area contributed by atoms with Crippen molar-refractivity contribution in [3.05, 3.63) is 66.2 Å². The third-order valence-corrected chi connectivity index (χ3v) is 5.78. The van der Waals surface area contributed by atoms with Crippen LogP contribution in [-0.4, -0.2) is 11.8 Å². The zero-order valence-electron chi connectivity index (χ0n) is 14.4. The van der Waals surface area contributed by atoms with Crippen molar-refractivity contribution < 1.29 is 14.3 Å². The van der Waals surface area contributed by atoms with Gasteiger partial charge in [0.1, 0.15) is 11.5 Å². The molecule has 5 heteroatoms. The van der Waals surface area contributed by atoms with Crippen molar-refractivity contribution in [1.82, 2.24) is 0 Å². The second-order valence-corrected chi connectivity index (χ2v) is 7.24. The highest BCUT2D eigenvalue weighted by atomic mass is 16.5. The van der Waals surface area contributed by atoms with Gasteiger partial charge in [-0.3, -0.25) is 14.5 Å². The molecule has 0 unspecified atom stereocenters. The summed E-state index contributed by atoms with van der Waals surface area (Å²) < 4.78 is 5.76. The largest absolute Gasteiger partial charge is 0.457 e. The van der Waals surface area contributed by atoms with Gasteiger partial charge in [-0.1, -0.05) is 12.2 Å². The second kappa shape index (κ2) is 5.82. The first-order valence-electron chi connectivity index (χ1n) is 9.00. The predicted octanol–water partition coefficient (Wildman–Crippen LogP) is 3.66. The van der Waals surface area contributed by atoms with Gasteiger partial charge in [0.2, 0.25) is 11.8 Å². The number of nitrogens with zero attached hydrogens (tertiary/aromatic N) is 2. The second-order valence-electron chi connectivity index (χ2n) is 7.24. The minimum Gasteiger partial charge on any atom is -0.457 e. The molecule has 27 heavy (non-hydrogen) atoms. The van der Waals surface area contributed by atoms with Gasteiger partial charge in [-0.05, 0) is 66.8 Å². The van der Waals surface area contributed by atoms with Crippen LogP contribution in [0.4, 0.5) is 5.69 Å². The van der Waals surface area contributed by atoms with E-state index in [1.165, 1.54) is 4.90 Å². The first-order valence-corrected chi connectivity index (χ1v) is 9.00. The topological polar surface area (TPSA) is 70.4 Å². The number of hydrogen-bond donors (Lipinski definition) is 0. The third kappa shape index (κ3) is 2.37. The molecule has 4 atom stereocenters. The van der Waals surface area contributed by atoms with Crippen LogP contribution >= 0.6 is 0 Å². The number of benzene rings is 2. The average molecular weight is 356 g/mol. The number of rotatable bonds is 3. The van der Waals surface area contributed by atoms with Gasteiger partial charge < -0.3 is 4.74 Å². The molecule has 2 fully saturated rings. The van der Waals surface area contributed by atoms with E-state index < -0.39 is 0 Å². The smallest absolute Gasteiger partial charge is 0.238 e. The zero-order valence-corrected chi connectivity index (χ0v) is 14.4. The number of carbonyl (C=O) groups is 2. The Kier molecular flexibility index (Phi) is 3.41. The van der Waals surface area contributed by atoms with Crippen molar-refractivity contribution in [2.24, 2.45) is 23.7 Å². The maximum Gasteiger partial charge on any atom is 0.238 e. The van der Waals surface area contributed by atoms with Crippen molar-refractivity contribution >= 4 is 17.5 Å². The standard InChI is InChI=1S/C22H16N2O3/c23-12-13-1-7-17(8-2-13)27-18-9-5-16(6-10-18)24-21(25)19-14-3-4-15(11-14)20(19)22(24)26/h1-10,14-15,19-20H,11H2/t14-,15-,19-,20-/m0/s1. The van der Waals surface area contributed by atoms with Gasteiger partial charge in [0, 0.05) is 0 Å². The molecule has 2 aromatic rings. The fourth-order valence-electron chi connectivity index (χ4n) is 4.55. The summed E-state index contributed by atoms with van der Waals surface area (Å²) in [6.45, 7) is 0. The lowest BCUT2D eigenvalue weighted by Crippen LogP contribution is -2.32. The molecule has 2 aromatic carbocycles. The maximum absolute atomic E-state index is 12.8. The van der Waals surface area contributed by atoms with Gasteiger partial charge in [0.25, 0.3) is 0 Å². The van der Waals surface area contributed by atoms with Gasteiger partial charge in [0.15, 0.2) is 0 Å². The molecule has 1 saturated carbocycles. The molecule has 1 aliphatic heterocycles. The van der Waals surface area contributed by atoms with E-state index in [9.17, 15) is 9.59 Å². The zero-order chi connectivity index (χ0) is 18.5. The lowest BCUT2D eigenvalue weighted by atomic mass is 9.85. The number of fused-ring (bicyclic) bond motifs is 5. The Morgan fingerprint density at radius 1 is 0.852 bits per heavy atom. The van der Waals surface area contributed by atoms with Gasteiger partial charge in [0.05, 0.1) is 29.2 Å². The number of imide groups is 1. The Labute approximate surface area is 156 Å². The van der Waals surface area contributed by atoms with E-state index in [0.717, 1.165) is 6.42 Å². The lowest BCUT2D eigenvalue weighted by Gasteiger charge is -2.17. The fourth-order valence-corrected chi connectivity index (χ4v) is 4.55. The molecule has 0 aromatic heterocycles. The number of amides is 2. The van der Waals surface area contributed by atoms with Gasteiger partial charge >= 0.3 is 0 Å². The van der Waals surface area contributed by atoms with Crippen LogP contribution in [0, 0.1) is 35.0 Å². The van der Waals surface area contributed by atoms with Crippen LogP contribution < -0.4 is 9.64 Å². The fraction of sp³-hybridized carbons (Fsp3) is 0.227. The summed E-state index contributed by atoms with van der Waals surface area (Å²) in [4.78, 5) is 27.0. The number of carbonyl (C=O) groups excluding carboxylic acids is 2. The van der Waals surface area contributed by atoms with E-state index in [-0.39, 0.29) is 35.5 Å². The molecule has 2 aliphatic carbocycles. The van der Waals surface area contributed by atoms with E-state index in [1.54, 1.807) is 48.5 Å². The molecule has 0 spiro atoms. The van der Waals surface area contributed by atoms with Gasteiger partial charge in [-0.2, -0.15) is 5.26 Å². The lowest BCUT2D eigenvalue weighted by molar-refractivity contribution is -0.123. The third-order valence-electron chi connectivity index (χ3n) is 5.78. The monoisotopic (exact) mass is 356 g/mol. The van der Waals surface area contributed by atoms with Crippen molar-refractivity contribution in [2.45, 2.75) is 6.42 Å². The van der Waals surface area contributed by atoms with Crippen LogP contribution in [0.2, 0.25) is 0 Å². The molecule has 2 amide bonds. The highest BCUT2D eigenvalue weighted by Gasteiger charge is 2.59. The van der Waals surface area contributed by atoms with E-state index in [4.69, 9.17) is 10.00 Å². The molecule has 5 rings (SSSR count). The number of ether oxygens (including phenoxy) is 1. The Morgan fingerprint density at radius 2 is 1.37 bits per heavy atom. The summed E-state index contributed by atoms with van der Waals surface area (Å²) in [6, 6.07) is 15.9. The molecular formula is C22H16N2O3. The molecule has 1 saturated heterocycles. The predicted molar refractivity (Wildman–Crippen MR) is 97.9 cm³/mol. The number of nitriles is 1. The van der Waals surface area contributed by atoms with Crippen LogP contribution in [0.25, 0.3) is 0 Å². The van der Waals surface area contributed by atoms with Gasteiger partial charge in [-0.15, -0.1) is 0 Å². The summed E-state index contributed by atoms with van der Waals surface area (Å²) in [5, 5.41) is 8.84. The maximum atomic E-state index is 12.8. The molecule has 2 bridgehead atoms. The van der Waals surface area contributed by atoms with E-state index in [1.807, 2.05) is 0 Å². The Hall–Kier alpha value is -3.39. The van der Waals surface area contributed by atoms with Crippen LogP contribution in [0.3, 0.4) is 0 Å². The molecule has 0 radical (unpaired) electrons. The van der Waals surface area contributed by atoms with Crippen molar-refractivity contribution in [2.75, 3.05) is 4.90 Å². The number of allylic oxidation sites excluding steroid dienone is 2. The highest BCUT2D eigenvalue weighted by Crippen LogP contribution is 2.53. The Bertz CT molecular complexity index is 971. The van der Waals surface area contributed by atoms with Gasteiger partial charge in [-0.25, -0.2) is 0 Å². The first-order chi connectivity index (χ1) is 13.2. The summed E-state index contributed by atoms with van der Waals surface area (Å²) >= 11 is 0. The summed E-state index contributed by atoms with van der Waals surface area (Å²) in [5.74, 6) is 1.09. The molecule has 5 nitrogen and oxygen atoms in total. The number of anilines is 1. The van der Waals surface area contributed by atoms with Crippen molar-refractivity contribution in [3.63, 3.8) is 0 Å². The molecule has 132 valence electrons.